The van der Waals surface area contributed by atoms with E-state index in [0.717, 1.165) is 37.3 Å². The zero-order valence-corrected chi connectivity index (χ0v) is 17.9. The number of hydrazine groups is 1. The number of benzene rings is 1. The van der Waals surface area contributed by atoms with Crippen LogP contribution in [0.2, 0.25) is 0 Å². The molecule has 13 heteroatoms. The molecule has 1 aliphatic rings. The average Bonchev–Trinajstić information content (AvgIpc) is 3.15. The summed E-state index contributed by atoms with van der Waals surface area (Å²) in [5.74, 6) is -0.608. The van der Waals surface area contributed by atoms with Crippen molar-refractivity contribution in [3.63, 3.8) is 0 Å². The van der Waals surface area contributed by atoms with Crippen LogP contribution in [-0.4, -0.2) is 20.4 Å². The van der Waals surface area contributed by atoms with Gasteiger partial charge in [-0.05, 0) is 43.4 Å². The molecule has 174 valence electrons. The highest BCUT2D eigenvalue weighted by Gasteiger charge is 2.33. The van der Waals surface area contributed by atoms with Gasteiger partial charge < -0.3 is 0 Å². The van der Waals surface area contributed by atoms with Crippen molar-refractivity contribution in [2.45, 2.75) is 44.8 Å². The molecule has 1 aliphatic carbocycles. The Hall–Kier alpha value is -3.48. The highest BCUT2D eigenvalue weighted by atomic mass is 32.1. The van der Waals surface area contributed by atoms with E-state index < -0.39 is 28.3 Å². The molecular formula is C20H18F3N5O4S. The van der Waals surface area contributed by atoms with Crippen LogP contribution in [0.4, 0.5) is 24.5 Å². The van der Waals surface area contributed by atoms with Gasteiger partial charge in [-0.3, -0.25) is 35.1 Å². The summed E-state index contributed by atoms with van der Waals surface area (Å²) in [6, 6.07) is 1.92. The van der Waals surface area contributed by atoms with E-state index in [0.29, 0.717) is 22.3 Å². The van der Waals surface area contributed by atoms with Crippen LogP contribution in [0.3, 0.4) is 0 Å². The highest BCUT2D eigenvalue weighted by molar-refractivity contribution is 7.18. The van der Waals surface area contributed by atoms with Crippen LogP contribution in [0, 0.1) is 10.1 Å². The zero-order valence-electron chi connectivity index (χ0n) is 17.1. The minimum absolute atomic E-state index is 0.0228. The second kappa shape index (κ2) is 8.81. The number of anilines is 1. The molecule has 33 heavy (non-hydrogen) atoms. The highest BCUT2D eigenvalue weighted by Crippen LogP contribution is 2.35. The molecule has 1 amide bonds. The summed E-state index contributed by atoms with van der Waals surface area (Å²) in [6.45, 7) is 0.0228. The van der Waals surface area contributed by atoms with Gasteiger partial charge in [-0.1, -0.05) is 0 Å². The molecule has 3 aromatic rings. The number of hydrogen-bond acceptors (Lipinski definition) is 7. The van der Waals surface area contributed by atoms with E-state index >= 15 is 0 Å². The Kier molecular flexibility index (Phi) is 6.06. The van der Waals surface area contributed by atoms with Crippen LogP contribution in [-0.2, 0) is 30.4 Å². The SMILES string of the molecule is O=C(CCn1cnc2sc3c(c2c1=O)CCCC3)NNc1ccc(C(F)(F)F)cc1[N+](=O)[O-]. The van der Waals surface area contributed by atoms with Crippen molar-refractivity contribution in [1.29, 1.82) is 0 Å². The third kappa shape index (κ3) is 4.67. The number of rotatable bonds is 6. The van der Waals surface area contributed by atoms with E-state index in [1.54, 1.807) is 0 Å². The van der Waals surface area contributed by atoms with E-state index in [2.05, 4.69) is 15.8 Å². The third-order valence-corrected chi connectivity index (χ3v) is 6.58. The fourth-order valence-corrected chi connectivity index (χ4v) is 4.95. The van der Waals surface area contributed by atoms with E-state index in [1.165, 1.54) is 27.1 Å². The van der Waals surface area contributed by atoms with Crippen molar-refractivity contribution in [2.75, 3.05) is 5.43 Å². The fraction of sp³-hybridized carbons (Fsp3) is 0.350. The summed E-state index contributed by atoms with van der Waals surface area (Å²) < 4.78 is 39.7. The van der Waals surface area contributed by atoms with Gasteiger partial charge in [-0.2, -0.15) is 13.2 Å². The molecule has 1 aromatic carbocycles. The number of hydrogen-bond donors (Lipinski definition) is 2. The van der Waals surface area contributed by atoms with Gasteiger partial charge in [-0.25, -0.2) is 4.98 Å². The zero-order chi connectivity index (χ0) is 23.8. The first-order chi connectivity index (χ1) is 15.6. The second-order valence-electron chi connectivity index (χ2n) is 7.54. The molecule has 2 heterocycles. The first-order valence-electron chi connectivity index (χ1n) is 10.1. The fourth-order valence-electron chi connectivity index (χ4n) is 3.73. The van der Waals surface area contributed by atoms with E-state index in [4.69, 9.17) is 0 Å². The standard InChI is InChI=1S/C20H18F3N5O4S/c21-20(22,23)11-5-6-13(14(9-11)28(31)32)25-26-16(29)7-8-27-10-24-18-17(19(27)30)12-3-1-2-4-15(12)33-18/h5-6,9-10,25H,1-4,7-8H2,(H,26,29). The van der Waals surface area contributed by atoms with Gasteiger partial charge in [0.1, 0.15) is 10.5 Å². The lowest BCUT2D eigenvalue weighted by atomic mass is 9.97. The number of alkyl halides is 3. The third-order valence-electron chi connectivity index (χ3n) is 5.38. The van der Waals surface area contributed by atoms with Crippen molar-refractivity contribution in [1.82, 2.24) is 15.0 Å². The van der Waals surface area contributed by atoms with E-state index in [9.17, 15) is 32.9 Å². The lowest BCUT2D eigenvalue weighted by Crippen LogP contribution is -2.32. The number of halogens is 3. The Morgan fingerprint density at radius 1 is 1.27 bits per heavy atom. The summed E-state index contributed by atoms with van der Waals surface area (Å²) in [5.41, 5.74) is 3.00. The Labute approximate surface area is 188 Å². The Morgan fingerprint density at radius 2 is 2.03 bits per heavy atom. The Morgan fingerprint density at radius 3 is 2.76 bits per heavy atom. The van der Waals surface area contributed by atoms with Crippen LogP contribution in [0.5, 0.6) is 0 Å². The summed E-state index contributed by atoms with van der Waals surface area (Å²) in [4.78, 5) is 41.4. The van der Waals surface area contributed by atoms with Gasteiger partial charge in [0.15, 0.2) is 0 Å². The van der Waals surface area contributed by atoms with Crippen LogP contribution in [0.15, 0.2) is 29.3 Å². The van der Waals surface area contributed by atoms with Gasteiger partial charge >= 0.3 is 6.18 Å². The molecule has 0 saturated carbocycles. The molecule has 0 atom stereocenters. The number of nitro groups is 1. The number of carbonyl (C=O) groups is 1. The molecule has 4 rings (SSSR count). The van der Waals surface area contributed by atoms with Crippen molar-refractivity contribution in [3.05, 3.63) is 61.0 Å². The first-order valence-corrected chi connectivity index (χ1v) is 10.9. The summed E-state index contributed by atoms with van der Waals surface area (Å²) in [5, 5.41) is 11.7. The lowest BCUT2D eigenvalue weighted by molar-refractivity contribution is -0.384. The maximum absolute atomic E-state index is 12.9. The molecule has 0 fully saturated rings. The van der Waals surface area contributed by atoms with Crippen LogP contribution in [0.1, 0.15) is 35.3 Å². The molecule has 0 spiro atoms. The Bertz CT molecular complexity index is 1300. The largest absolute Gasteiger partial charge is 0.416 e. The summed E-state index contributed by atoms with van der Waals surface area (Å²) in [7, 11) is 0. The van der Waals surface area contributed by atoms with E-state index in [-0.39, 0.29) is 24.2 Å². The molecule has 9 nitrogen and oxygen atoms in total. The van der Waals surface area contributed by atoms with Gasteiger partial charge in [-0.15, -0.1) is 11.3 Å². The van der Waals surface area contributed by atoms with Crippen LogP contribution < -0.4 is 16.4 Å². The molecule has 0 saturated heterocycles. The smallest absolute Gasteiger partial charge is 0.298 e. The van der Waals surface area contributed by atoms with Crippen molar-refractivity contribution < 1.29 is 22.9 Å². The number of amides is 1. The molecule has 0 radical (unpaired) electrons. The number of fused-ring (bicyclic) bond motifs is 3. The molecule has 0 unspecified atom stereocenters. The number of aryl methyl sites for hydroxylation is 3. The number of nitrogens with one attached hydrogen (secondary N) is 2. The summed E-state index contributed by atoms with van der Waals surface area (Å²) >= 11 is 1.52. The molecule has 0 bridgehead atoms. The number of aromatic nitrogens is 2. The normalized spacial score (nSPS) is 13.5. The first kappa shape index (κ1) is 22.7. The van der Waals surface area contributed by atoms with Gasteiger partial charge in [0.25, 0.3) is 11.2 Å². The van der Waals surface area contributed by atoms with Crippen LogP contribution in [0.25, 0.3) is 10.2 Å². The topological polar surface area (TPSA) is 119 Å². The van der Waals surface area contributed by atoms with E-state index in [1.807, 2.05) is 0 Å². The Balaban J connectivity index is 1.43. The number of thiophene rings is 1. The van der Waals surface area contributed by atoms with Gasteiger partial charge in [0.2, 0.25) is 5.91 Å². The average molecular weight is 481 g/mol. The number of carbonyl (C=O) groups excluding carboxylic acids is 1. The molecule has 2 aromatic heterocycles. The van der Waals surface area contributed by atoms with Crippen molar-refractivity contribution in [3.8, 4) is 0 Å². The number of nitro benzene ring substituents is 1. The molecule has 2 N–H and O–H groups in total. The van der Waals surface area contributed by atoms with Crippen molar-refractivity contribution >= 4 is 38.8 Å². The molecule has 0 aliphatic heterocycles. The van der Waals surface area contributed by atoms with Gasteiger partial charge in [0, 0.05) is 23.9 Å². The minimum Gasteiger partial charge on any atom is -0.298 e. The predicted molar refractivity (Wildman–Crippen MR) is 115 cm³/mol. The maximum atomic E-state index is 12.9. The monoisotopic (exact) mass is 481 g/mol. The minimum atomic E-state index is -4.74. The van der Waals surface area contributed by atoms with Gasteiger partial charge in [0.05, 0.1) is 22.2 Å². The quantitative estimate of drug-likeness (QED) is 0.408. The molecular weight excluding hydrogens is 463 g/mol. The van der Waals surface area contributed by atoms with Crippen LogP contribution >= 0.6 is 11.3 Å². The summed E-state index contributed by atoms with van der Waals surface area (Å²) in [6.07, 6.45) is 0.341. The maximum Gasteiger partial charge on any atom is 0.416 e. The predicted octanol–water partition coefficient (Wildman–Crippen LogP) is 3.80. The number of nitrogens with zero attached hydrogens (tertiary/aromatic N) is 3. The lowest BCUT2D eigenvalue weighted by Gasteiger charge is -2.12. The van der Waals surface area contributed by atoms with Crippen molar-refractivity contribution in [2.24, 2.45) is 0 Å². The second-order valence-corrected chi connectivity index (χ2v) is 8.63.